The van der Waals surface area contributed by atoms with Crippen molar-refractivity contribution in [2.45, 2.75) is 45.0 Å². The number of carboxylic acid groups (broad SMARTS) is 1. The Morgan fingerprint density at radius 2 is 2.26 bits per heavy atom. The highest BCUT2D eigenvalue weighted by atomic mass is 16.5. The first-order chi connectivity index (χ1) is 12.9. The van der Waals surface area contributed by atoms with Gasteiger partial charge in [-0.3, -0.25) is 14.3 Å². The van der Waals surface area contributed by atoms with Crippen molar-refractivity contribution < 1.29 is 24.2 Å². The lowest BCUT2D eigenvalue weighted by atomic mass is 9.71. The molecule has 0 bridgehead atoms. The van der Waals surface area contributed by atoms with Crippen LogP contribution in [0.25, 0.3) is 0 Å². The van der Waals surface area contributed by atoms with Gasteiger partial charge in [0.25, 0.3) is 12.4 Å². The average Bonchev–Trinajstić information content (AvgIpc) is 3.17. The van der Waals surface area contributed by atoms with Gasteiger partial charge in [0.2, 0.25) is 0 Å². The number of carbonyl (C=O) groups excluding carboxylic acids is 1. The first-order valence-electron chi connectivity index (χ1n) is 9.23. The van der Waals surface area contributed by atoms with Crippen LogP contribution in [-0.2, 0) is 20.8 Å². The molecule has 0 radical (unpaired) electrons. The van der Waals surface area contributed by atoms with E-state index in [1.54, 1.807) is 4.68 Å². The number of nitrogens with one attached hydrogen (secondary N) is 1. The van der Waals surface area contributed by atoms with E-state index in [0.717, 1.165) is 18.7 Å². The summed E-state index contributed by atoms with van der Waals surface area (Å²) in [7, 11) is 4.08. The highest BCUT2D eigenvalue weighted by Crippen LogP contribution is 2.41. The van der Waals surface area contributed by atoms with Gasteiger partial charge in [-0.2, -0.15) is 5.10 Å². The first-order valence-corrected chi connectivity index (χ1v) is 9.23. The van der Waals surface area contributed by atoms with Gasteiger partial charge in [-0.15, -0.1) is 0 Å². The maximum atomic E-state index is 12.8. The molecule has 2 fully saturated rings. The molecule has 2 N–H and O–H groups in total. The molecule has 1 amide bonds. The molecule has 152 valence electrons. The fourth-order valence-electron chi connectivity index (χ4n) is 3.90. The molecule has 1 aliphatic heterocycles. The molecule has 9 nitrogen and oxygen atoms in total. The summed E-state index contributed by atoms with van der Waals surface area (Å²) < 4.78 is 12.9. The third-order valence-corrected chi connectivity index (χ3v) is 5.03. The van der Waals surface area contributed by atoms with Crippen LogP contribution in [0, 0.1) is 12.8 Å². The van der Waals surface area contributed by atoms with Crippen LogP contribution < -0.4 is 5.32 Å². The van der Waals surface area contributed by atoms with Gasteiger partial charge in [-0.25, -0.2) is 0 Å². The Bertz CT molecular complexity index is 633. The smallest absolute Gasteiger partial charge is 0.290 e. The maximum absolute atomic E-state index is 12.8. The first kappa shape index (κ1) is 21.3. The van der Waals surface area contributed by atoms with E-state index in [-0.39, 0.29) is 30.6 Å². The minimum absolute atomic E-state index is 0.0608. The number of aromatic nitrogens is 2. The van der Waals surface area contributed by atoms with Gasteiger partial charge >= 0.3 is 0 Å². The van der Waals surface area contributed by atoms with Gasteiger partial charge < -0.3 is 24.8 Å². The van der Waals surface area contributed by atoms with Crippen molar-refractivity contribution in [2.75, 3.05) is 33.9 Å². The summed E-state index contributed by atoms with van der Waals surface area (Å²) in [5.41, 5.74) is 1.45. The Balaban J connectivity index is 0.000000817. The molecule has 1 saturated carbocycles. The summed E-state index contributed by atoms with van der Waals surface area (Å²) in [4.78, 5) is 23.3. The molecule has 1 saturated heterocycles. The monoisotopic (exact) mass is 382 g/mol. The molecule has 1 aromatic rings. The number of rotatable bonds is 7. The topological polar surface area (TPSA) is 106 Å². The highest BCUT2D eigenvalue weighted by molar-refractivity contribution is 5.93. The minimum Gasteiger partial charge on any atom is -0.483 e. The minimum atomic E-state index is -0.250. The number of aryl methyl sites for hydroxylation is 1. The van der Waals surface area contributed by atoms with Crippen molar-refractivity contribution >= 4 is 12.4 Å². The molecule has 9 heteroatoms. The normalized spacial score (nSPS) is 26.0. The molecule has 1 aromatic heterocycles. The Morgan fingerprint density at radius 3 is 2.89 bits per heavy atom. The molecule has 27 heavy (non-hydrogen) atoms. The molecule has 0 unspecified atom stereocenters. The van der Waals surface area contributed by atoms with Crippen molar-refractivity contribution in [3.63, 3.8) is 0 Å². The molecule has 1 aliphatic carbocycles. The maximum Gasteiger partial charge on any atom is 0.290 e. The van der Waals surface area contributed by atoms with E-state index in [0.29, 0.717) is 31.4 Å². The van der Waals surface area contributed by atoms with Crippen LogP contribution in [-0.4, -0.2) is 84.3 Å². The summed E-state index contributed by atoms with van der Waals surface area (Å²) >= 11 is 0. The highest BCUT2D eigenvalue weighted by Gasteiger charge is 2.55. The van der Waals surface area contributed by atoms with Crippen LogP contribution in [0.2, 0.25) is 0 Å². The third-order valence-electron chi connectivity index (χ3n) is 5.03. The van der Waals surface area contributed by atoms with Crippen LogP contribution in [0.3, 0.4) is 0 Å². The van der Waals surface area contributed by atoms with Crippen molar-refractivity contribution in [3.8, 4) is 0 Å². The van der Waals surface area contributed by atoms with Crippen molar-refractivity contribution in [2.24, 2.45) is 5.92 Å². The fourth-order valence-corrected chi connectivity index (χ4v) is 3.90. The lowest BCUT2D eigenvalue weighted by molar-refractivity contribution is -0.122. The van der Waals surface area contributed by atoms with Gasteiger partial charge in [-0.05, 0) is 40.4 Å². The van der Waals surface area contributed by atoms with Crippen molar-refractivity contribution in [1.82, 2.24) is 20.0 Å². The van der Waals surface area contributed by atoms with Crippen LogP contribution in [0.5, 0.6) is 0 Å². The molecule has 3 rings (SSSR count). The molecule has 2 aliphatic rings. The summed E-state index contributed by atoms with van der Waals surface area (Å²) in [6.07, 6.45) is 1.26. The zero-order valence-electron chi connectivity index (χ0n) is 16.4. The molecule has 2 heterocycles. The number of hydrogen-bond donors (Lipinski definition) is 2. The lowest BCUT2D eigenvalue weighted by Crippen LogP contribution is -2.69. The summed E-state index contributed by atoms with van der Waals surface area (Å²) in [6, 6.07) is 2.21. The van der Waals surface area contributed by atoms with Gasteiger partial charge in [0, 0.05) is 19.1 Å². The van der Waals surface area contributed by atoms with E-state index >= 15 is 0 Å². The second kappa shape index (κ2) is 9.82. The van der Waals surface area contributed by atoms with E-state index in [1.165, 1.54) is 0 Å². The van der Waals surface area contributed by atoms with Gasteiger partial charge in [0.1, 0.15) is 5.69 Å². The van der Waals surface area contributed by atoms with Crippen LogP contribution in [0.1, 0.15) is 29.5 Å². The van der Waals surface area contributed by atoms with Gasteiger partial charge in [0.15, 0.2) is 0 Å². The Hall–Kier alpha value is -1.97. The number of fused-ring (bicyclic) bond motifs is 1. The molecule has 4 atom stereocenters. The Labute approximate surface area is 159 Å². The largest absolute Gasteiger partial charge is 0.483 e. The van der Waals surface area contributed by atoms with Crippen LogP contribution >= 0.6 is 0 Å². The van der Waals surface area contributed by atoms with E-state index in [4.69, 9.17) is 19.4 Å². The molecular formula is C18H30N4O5. The quantitative estimate of drug-likeness (QED) is 0.519. The Morgan fingerprint density at radius 1 is 1.56 bits per heavy atom. The van der Waals surface area contributed by atoms with E-state index in [1.807, 2.05) is 34.0 Å². The average molecular weight is 382 g/mol. The summed E-state index contributed by atoms with van der Waals surface area (Å²) in [5.74, 6) is 0.358. The summed E-state index contributed by atoms with van der Waals surface area (Å²) in [5, 5.41) is 14.5. The zero-order chi connectivity index (χ0) is 20.0. The second-order valence-electron chi connectivity index (χ2n) is 6.94. The number of hydrogen-bond acceptors (Lipinski definition) is 6. The van der Waals surface area contributed by atoms with Crippen molar-refractivity contribution in [1.29, 1.82) is 0 Å². The van der Waals surface area contributed by atoms with Gasteiger partial charge in [0.05, 0.1) is 37.0 Å². The van der Waals surface area contributed by atoms with Gasteiger partial charge in [-0.1, -0.05) is 0 Å². The van der Waals surface area contributed by atoms with E-state index in [2.05, 4.69) is 15.3 Å². The van der Waals surface area contributed by atoms with E-state index in [9.17, 15) is 4.79 Å². The predicted octanol–water partition coefficient (Wildman–Crippen LogP) is 0.376. The summed E-state index contributed by atoms with van der Waals surface area (Å²) in [6.45, 7) is 6.21. The number of carbonyl (C=O) groups is 2. The lowest BCUT2D eigenvalue weighted by Gasteiger charge is -2.50. The van der Waals surface area contributed by atoms with E-state index < -0.39 is 0 Å². The number of amides is 1. The zero-order valence-corrected chi connectivity index (χ0v) is 16.4. The Kier molecular flexibility index (Phi) is 7.76. The van der Waals surface area contributed by atoms with Crippen LogP contribution in [0.15, 0.2) is 6.07 Å². The fraction of sp³-hybridized carbons (Fsp3) is 0.722. The predicted molar refractivity (Wildman–Crippen MR) is 98.7 cm³/mol. The van der Waals surface area contributed by atoms with Crippen molar-refractivity contribution in [3.05, 3.63) is 17.5 Å². The number of nitrogens with zero attached hydrogens (tertiary/aromatic N) is 3. The number of ether oxygens (including phenoxy) is 2. The second-order valence-corrected chi connectivity index (χ2v) is 6.94. The molecule has 0 spiro atoms. The van der Waals surface area contributed by atoms with Crippen LogP contribution in [0.4, 0.5) is 0 Å². The third kappa shape index (κ3) is 4.85. The SMILES string of the molecule is CCOCCn1nc(C)cc1C(=O)N[C@H]1[C@H]2CCO[C@H]2[C@@H]1N(C)C.O=CO. The molecular weight excluding hydrogens is 352 g/mol. The standard InChI is InChI=1S/C17H28N4O3.CH2O2/c1-5-23-9-7-21-13(10-11(2)19-21)17(22)18-14-12-6-8-24-16(12)15(14)20(3)4;2-1-3/h10,12,14-16H,5-9H2,1-4H3,(H,18,22);1H,(H,2,3)/t12-,14+,15-,16-;/m1./s1. The number of likely N-dealkylation sites (N-methyl/N-ethyl adjacent to an activating group) is 1. The molecule has 0 aromatic carbocycles.